The summed E-state index contributed by atoms with van der Waals surface area (Å²) in [6.45, 7) is 4.20. The number of esters is 1. The van der Waals surface area contributed by atoms with Crippen LogP contribution in [0.1, 0.15) is 187 Å². The molecule has 0 aliphatic heterocycles. The fraction of sp³-hybridized carbons (Fsp3) is 0.812. The predicted molar refractivity (Wildman–Crippen MR) is 244 cm³/mol. The van der Waals surface area contributed by atoms with Crippen molar-refractivity contribution in [2.75, 3.05) is 19.8 Å². The van der Waals surface area contributed by atoms with Crippen molar-refractivity contribution < 1.29 is 58.3 Å². The zero-order chi connectivity index (χ0) is 44.8. The molecule has 0 amide bonds. The normalized spacial score (nSPS) is 22.6. The molecule has 1 saturated carbocycles. The van der Waals surface area contributed by atoms with Crippen LogP contribution in [0.5, 0.6) is 0 Å². The lowest BCUT2D eigenvalue weighted by molar-refractivity contribution is -0.220. The number of carbonyl (C=O) groups is 1. The summed E-state index contributed by atoms with van der Waals surface area (Å²) in [7, 11) is -5.02. The van der Waals surface area contributed by atoms with E-state index in [1.165, 1.54) is 77.0 Å². The first kappa shape index (κ1) is 57.3. The Labute approximate surface area is 369 Å². The number of phosphoric acid groups is 1. The number of aliphatic hydroxyl groups is 5. The van der Waals surface area contributed by atoms with Gasteiger partial charge in [-0.1, -0.05) is 152 Å². The summed E-state index contributed by atoms with van der Waals surface area (Å²) in [4.78, 5) is 23.2. The van der Waals surface area contributed by atoms with Crippen molar-refractivity contribution in [2.24, 2.45) is 0 Å². The number of phosphoric ester groups is 1. The fourth-order valence-electron chi connectivity index (χ4n) is 7.06. The largest absolute Gasteiger partial charge is 0.472 e. The van der Waals surface area contributed by atoms with Gasteiger partial charge in [-0.15, -0.1) is 0 Å². The van der Waals surface area contributed by atoms with Gasteiger partial charge in [0.05, 0.1) is 13.2 Å². The van der Waals surface area contributed by atoms with E-state index in [1.54, 1.807) is 0 Å². The van der Waals surface area contributed by atoms with Crippen LogP contribution in [0.3, 0.4) is 0 Å². The van der Waals surface area contributed by atoms with Crippen molar-refractivity contribution >= 4 is 13.8 Å². The van der Waals surface area contributed by atoms with Crippen LogP contribution in [-0.4, -0.2) is 98.9 Å². The third-order valence-electron chi connectivity index (χ3n) is 10.9. The molecule has 13 heteroatoms. The molecule has 0 aromatic rings. The monoisotopic (exact) mass is 887 g/mol. The lowest BCUT2D eigenvalue weighted by atomic mass is 9.85. The van der Waals surface area contributed by atoms with Crippen LogP contribution >= 0.6 is 7.82 Å². The SMILES string of the molecule is CCCCC/C=C\C/C=C\C/C=C\CCCCCCCCC(=O)OC(COCCCCCCCC/C=C\CCCCCCC)COP(=O)(O)OC1C(O)C(O)C(O)C(O)C1O. The van der Waals surface area contributed by atoms with E-state index in [-0.39, 0.29) is 13.0 Å². The first-order valence-electron chi connectivity index (χ1n) is 24.0. The van der Waals surface area contributed by atoms with E-state index in [9.17, 15) is 39.8 Å². The van der Waals surface area contributed by atoms with Gasteiger partial charge in [0, 0.05) is 13.0 Å². The first-order valence-corrected chi connectivity index (χ1v) is 25.5. The Morgan fingerprint density at radius 2 is 0.918 bits per heavy atom. The Morgan fingerprint density at radius 3 is 1.44 bits per heavy atom. The molecule has 6 atom stereocenters. The number of aliphatic hydroxyl groups excluding tert-OH is 5. The Morgan fingerprint density at radius 1 is 0.525 bits per heavy atom. The maximum absolute atomic E-state index is 12.8. The maximum Gasteiger partial charge on any atom is 0.472 e. The zero-order valence-corrected chi connectivity index (χ0v) is 38.8. The van der Waals surface area contributed by atoms with E-state index in [0.29, 0.717) is 13.0 Å². The van der Waals surface area contributed by atoms with Crippen LogP contribution < -0.4 is 0 Å². The van der Waals surface area contributed by atoms with Gasteiger partial charge in [0.2, 0.25) is 0 Å². The molecule has 0 saturated heterocycles. The van der Waals surface area contributed by atoms with Crippen LogP contribution in [0.15, 0.2) is 48.6 Å². The van der Waals surface area contributed by atoms with Crippen LogP contribution in [0.4, 0.5) is 0 Å². The first-order chi connectivity index (χ1) is 29.5. The van der Waals surface area contributed by atoms with Crippen LogP contribution in [0, 0.1) is 0 Å². The third-order valence-corrected chi connectivity index (χ3v) is 11.9. The lowest BCUT2D eigenvalue weighted by Crippen LogP contribution is -2.64. The van der Waals surface area contributed by atoms with Crippen molar-refractivity contribution in [3.05, 3.63) is 48.6 Å². The van der Waals surface area contributed by atoms with Gasteiger partial charge in [-0.25, -0.2) is 4.57 Å². The van der Waals surface area contributed by atoms with E-state index >= 15 is 0 Å². The Bertz CT molecular complexity index is 1190. The number of ether oxygens (including phenoxy) is 2. The zero-order valence-electron chi connectivity index (χ0n) is 38.0. The maximum atomic E-state index is 12.8. The van der Waals surface area contributed by atoms with E-state index in [0.717, 1.165) is 83.5 Å². The van der Waals surface area contributed by atoms with Crippen molar-refractivity contribution in [3.8, 4) is 0 Å². The molecule has 1 aliphatic carbocycles. The molecule has 1 aliphatic rings. The minimum absolute atomic E-state index is 0.0871. The molecule has 0 bridgehead atoms. The van der Waals surface area contributed by atoms with Gasteiger partial charge in [0.15, 0.2) is 0 Å². The molecule has 12 nitrogen and oxygen atoms in total. The van der Waals surface area contributed by atoms with Gasteiger partial charge in [0.25, 0.3) is 0 Å². The van der Waals surface area contributed by atoms with E-state index in [1.807, 2.05) is 0 Å². The molecule has 6 N–H and O–H groups in total. The second kappa shape index (κ2) is 38.7. The van der Waals surface area contributed by atoms with Crippen LogP contribution in [-0.2, 0) is 27.9 Å². The highest BCUT2D eigenvalue weighted by atomic mass is 31.2. The molecular formula is C48H87O12P. The minimum Gasteiger partial charge on any atom is -0.457 e. The molecule has 356 valence electrons. The van der Waals surface area contributed by atoms with E-state index in [2.05, 4.69) is 62.5 Å². The summed E-state index contributed by atoms with van der Waals surface area (Å²) >= 11 is 0. The van der Waals surface area contributed by atoms with Crippen molar-refractivity contribution in [1.82, 2.24) is 0 Å². The quantitative estimate of drug-likeness (QED) is 0.0148. The highest BCUT2D eigenvalue weighted by Crippen LogP contribution is 2.47. The molecule has 0 aromatic carbocycles. The van der Waals surface area contributed by atoms with E-state index in [4.69, 9.17) is 18.5 Å². The molecule has 0 heterocycles. The number of rotatable bonds is 40. The second-order valence-electron chi connectivity index (χ2n) is 16.6. The van der Waals surface area contributed by atoms with Gasteiger partial charge in [-0.2, -0.15) is 0 Å². The number of allylic oxidation sites excluding steroid dienone is 8. The summed E-state index contributed by atoms with van der Waals surface area (Å²) in [6.07, 6.45) is 34.5. The second-order valence-corrected chi connectivity index (χ2v) is 18.0. The molecule has 0 aromatic heterocycles. The molecular weight excluding hydrogens is 799 g/mol. The Hall–Kier alpha value is -1.70. The molecule has 6 unspecified atom stereocenters. The van der Waals surface area contributed by atoms with Crippen molar-refractivity contribution in [3.63, 3.8) is 0 Å². The molecule has 61 heavy (non-hydrogen) atoms. The lowest BCUT2D eigenvalue weighted by Gasteiger charge is -2.41. The van der Waals surface area contributed by atoms with Gasteiger partial charge in [0.1, 0.15) is 42.7 Å². The highest BCUT2D eigenvalue weighted by Gasteiger charge is 2.51. The number of carbonyl (C=O) groups excluding carboxylic acids is 1. The summed E-state index contributed by atoms with van der Waals surface area (Å²) in [6, 6.07) is 0. The van der Waals surface area contributed by atoms with E-state index < -0.39 is 63.1 Å². The average molecular weight is 887 g/mol. The Kier molecular flexibility index (Phi) is 36.4. The van der Waals surface area contributed by atoms with Gasteiger partial charge in [-0.05, 0) is 77.0 Å². The molecule has 1 rings (SSSR count). The summed E-state index contributed by atoms with van der Waals surface area (Å²) < 4.78 is 34.2. The summed E-state index contributed by atoms with van der Waals surface area (Å²) in [5.74, 6) is -0.492. The van der Waals surface area contributed by atoms with Crippen LogP contribution in [0.25, 0.3) is 0 Å². The average Bonchev–Trinajstić information content (AvgIpc) is 3.24. The van der Waals surface area contributed by atoms with Gasteiger partial charge in [-0.3, -0.25) is 13.8 Å². The molecule has 1 fully saturated rings. The third kappa shape index (κ3) is 30.9. The molecule has 0 spiro atoms. The number of hydrogen-bond donors (Lipinski definition) is 6. The topological polar surface area (TPSA) is 192 Å². The highest BCUT2D eigenvalue weighted by molar-refractivity contribution is 7.47. The van der Waals surface area contributed by atoms with Crippen molar-refractivity contribution in [1.29, 1.82) is 0 Å². The predicted octanol–water partition coefficient (Wildman–Crippen LogP) is 10.0. The van der Waals surface area contributed by atoms with Gasteiger partial charge < -0.3 is 39.9 Å². The van der Waals surface area contributed by atoms with Crippen molar-refractivity contribution in [2.45, 2.75) is 230 Å². The van der Waals surface area contributed by atoms with Gasteiger partial charge >= 0.3 is 13.8 Å². The van der Waals surface area contributed by atoms with Crippen LogP contribution in [0.2, 0.25) is 0 Å². The summed E-state index contributed by atoms with van der Waals surface area (Å²) in [5, 5.41) is 50.2. The fourth-order valence-corrected chi connectivity index (χ4v) is 8.03. The Balaban J connectivity index is 2.40. The number of unbranched alkanes of at least 4 members (excludes halogenated alkanes) is 20. The summed E-state index contributed by atoms with van der Waals surface area (Å²) in [5.41, 5.74) is 0. The minimum atomic E-state index is -5.02. The number of hydrogen-bond acceptors (Lipinski definition) is 11. The molecule has 0 radical (unpaired) electrons. The smallest absolute Gasteiger partial charge is 0.457 e. The standard InChI is InChI=1S/C48H87O12P/c1-3-5-7-9-11-13-15-17-19-20-21-22-23-25-27-29-31-33-35-37-42(49)59-41(40-58-61(55,56)60-48-46(53)44(51)43(50)45(52)47(48)54)39-57-38-36-34-32-30-28-26-24-18-16-14-12-10-8-6-4-2/h11,13,16-19,21-22,41,43-48,50-54H,3-10,12,14-15,20,23-40H2,1-2H3,(H,55,56)/b13-11-,18-16-,19-17-,22-21-.